The normalized spacial score (nSPS) is 12.2. The Bertz CT molecular complexity index is 534. The van der Waals surface area contributed by atoms with Gasteiger partial charge >= 0.3 is 6.18 Å². The highest BCUT2D eigenvalue weighted by atomic mass is 19.4. The van der Waals surface area contributed by atoms with Gasteiger partial charge in [0.1, 0.15) is 13.3 Å². The van der Waals surface area contributed by atoms with Gasteiger partial charge in [-0.2, -0.15) is 13.2 Å². The zero-order valence-corrected chi connectivity index (χ0v) is 9.57. The van der Waals surface area contributed by atoms with Crippen molar-refractivity contribution in [1.82, 2.24) is 4.57 Å². The van der Waals surface area contributed by atoms with Crippen LogP contribution in [0.1, 0.15) is 5.56 Å². The minimum Gasteiger partial charge on any atom is -0.351 e. The molecule has 1 aromatic carbocycles. The van der Waals surface area contributed by atoms with Crippen LogP contribution >= 0.6 is 0 Å². The lowest BCUT2D eigenvalue weighted by Crippen LogP contribution is -2.18. The van der Waals surface area contributed by atoms with Gasteiger partial charge in [-0.1, -0.05) is 18.2 Å². The molecule has 3 nitrogen and oxygen atoms in total. The largest absolute Gasteiger partial charge is 0.411 e. The molecule has 2 aromatic rings. The standard InChI is InChI=1S/C12H13F3N2O/c13-12(14,15)7-18-8-17-6-9(5-16)10-3-1-2-4-11(10)17/h1-4,6H,5,7-8,16H2. The number of fused-ring (bicyclic) bond motifs is 1. The lowest BCUT2D eigenvalue weighted by molar-refractivity contribution is -0.181. The average Bonchev–Trinajstić information content (AvgIpc) is 2.66. The van der Waals surface area contributed by atoms with E-state index in [0.717, 1.165) is 16.5 Å². The lowest BCUT2D eigenvalue weighted by Gasteiger charge is -2.09. The Hall–Kier alpha value is -1.53. The number of hydrogen-bond acceptors (Lipinski definition) is 2. The fourth-order valence-corrected chi connectivity index (χ4v) is 1.85. The van der Waals surface area contributed by atoms with Crippen LogP contribution in [-0.4, -0.2) is 17.4 Å². The van der Waals surface area contributed by atoms with Crippen LogP contribution in [0.4, 0.5) is 13.2 Å². The van der Waals surface area contributed by atoms with Gasteiger partial charge in [0.2, 0.25) is 0 Å². The van der Waals surface area contributed by atoms with E-state index in [2.05, 4.69) is 4.74 Å². The summed E-state index contributed by atoms with van der Waals surface area (Å²) < 4.78 is 42.2. The van der Waals surface area contributed by atoms with Crippen molar-refractivity contribution in [2.24, 2.45) is 5.73 Å². The molecule has 0 aliphatic rings. The Morgan fingerprint density at radius 3 is 2.61 bits per heavy atom. The molecule has 0 aliphatic carbocycles. The van der Waals surface area contributed by atoms with E-state index in [1.165, 1.54) is 0 Å². The first kappa shape index (κ1) is 12.9. The van der Waals surface area contributed by atoms with Crippen LogP contribution in [0.5, 0.6) is 0 Å². The van der Waals surface area contributed by atoms with Gasteiger partial charge < -0.3 is 15.0 Å². The fourth-order valence-electron chi connectivity index (χ4n) is 1.85. The van der Waals surface area contributed by atoms with Crippen LogP contribution < -0.4 is 5.73 Å². The van der Waals surface area contributed by atoms with E-state index in [9.17, 15) is 13.2 Å². The monoisotopic (exact) mass is 258 g/mol. The van der Waals surface area contributed by atoms with E-state index < -0.39 is 12.8 Å². The average molecular weight is 258 g/mol. The molecule has 0 aliphatic heterocycles. The highest BCUT2D eigenvalue weighted by Crippen LogP contribution is 2.21. The molecule has 2 N–H and O–H groups in total. The van der Waals surface area contributed by atoms with Gasteiger partial charge in [0, 0.05) is 18.1 Å². The number of hydrogen-bond donors (Lipinski definition) is 1. The maximum Gasteiger partial charge on any atom is 0.411 e. The summed E-state index contributed by atoms with van der Waals surface area (Å²) in [6.45, 7) is -1.05. The van der Waals surface area contributed by atoms with Gasteiger partial charge in [-0.05, 0) is 11.6 Å². The molecule has 0 spiro atoms. The summed E-state index contributed by atoms with van der Waals surface area (Å²) in [7, 11) is 0. The molecule has 0 atom stereocenters. The number of alkyl halides is 3. The maximum absolute atomic E-state index is 12.0. The van der Waals surface area contributed by atoms with E-state index in [4.69, 9.17) is 5.73 Å². The van der Waals surface area contributed by atoms with E-state index in [1.807, 2.05) is 24.3 Å². The molecule has 0 fully saturated rings. The Morgan fingerprint density at radius 1 is 1.22 bits per heavy atom. The summed E-state index contributed by atoms with van der Waals surface area (Å²) in [4.78, 5) is 0. The van der Waals surface area contributed by atoms with Gasteiger partial charge in [0.05, 0.1) is 5.52 Å². The minimum absolute atomic E-state index is 0.139. The van der Waals surface area contributed by atoms with Crippen molar-refractivity contribution in [2.45, 2.75) is 19.5 Å². The lowest BCUT2D eigenvalue weighted by atomic mass is 10.2. The topological polar surface area (TPSA) is 40.2 Å². The quantitative estimate of drug-likeness (QED) is 0.915. The van der Waals surface area contributed by atoms with E-state index in [0.29, 0.717) is 6.54 Å². The van der Waals surface area contributed by atoms with Crippen molar-refractivity contribution in [3.8, 4) is 0 Å². The van der Waals surface area contributed by atoms with Crippen molar-refractivity contribution in [3.05, 3.63) is 36.0 Å². The van der Waals surface area contributed by atoms with Crippen LogP contribution in [0.25, 0.3) is 10.9 Å². The van der Waals surface area contributed by atoms with Crippen molar-refractivity contribution in [2.75, 3.05) is 6.61 Å². The highest BCUT2D eigenvalue weighted by molar-refractivity contribution is 5.83. The van der Waals surface area contributed by atoms with Gasteiger partial charge in [-0.25, -0.2) is 0 Å². The zero-order valence-electron chi connectivity index (χ0n) is 9.57. The van der Waals surface area contributed by atoms with Crippen LogP contribution in [0.3, 0.4) is 0 Å². The first-order valence-corrected chi connectivity index (χ1v) is 5.42. The summed E-state index contributed by atoms with van der Waals surface area (Å²) >= 11 is 0. The number of nitrogens with zero attached hydrogens (tertiary/aromatic N) is 1. The second kappa shape index (κ2) is 4.99. The number of para-hydroxylation sites is 1. The Morgan fingerprint density at radius 2 is 1.94 bits per heavy atom. The summed E-state index contributed by atoms with van der Waals surface area (Å²) in [5.74, 6) is 0. The zero-order chi connectivity index (χ0) is 13.2. The Labute approximate surface area is 102 Å². The second-order valence-electron chi connectivity index (χ2n) is 3.94. The molecular weight excluding hydrogens is 245 g/mol. The van der Waals surface area contributed by atoms with E-state index >= 15 is 0 Å². The highest BCUT2D eigenvalue weighted by Gasteiger charge is 2.27. The first-order valence-electron chi connectivity index (χ1n) is 5.42. The molecule has 6 heteroatoms. The molecule has 0 radical (unpaired) electrons. The molecule has 98 valence electrons. The minimum atomic E-state index is -4.31. The number of ether oxygens (including phenoxy) is 1. The maximum atomic E-state index is 12.0. The predicted molar refractivity (Wildman–Crippen MR) is 61.8 cm³/mol. The molecule has 0 unspecified atom stereocenters. The third-order valence-electron chi connectivity index (χ3n) is 2.59. The van der Waals surface area contributed by atoms with Crippen molar-refractivity contribution in [1.29, 1.82) is 0 Å². The fraction of sp³-hybridized carbons (Fsp3) is 0.333. The summed E-state index contributed by atoms with van der Waals surface area (Å²) in [6.07, 6.45) is -2.58. The molecular formula is C12H13F3N2O. The van der Waals surface area contributed by atoms with Crippen LogP contribution in [-0.2, 0) is 18.0 Å². The van der Waals surface area contributed by atoms with E-state index in [1.54, 1.807) is 10.8 Å². The van der Waals surface area contributed by atoms with Crippen molar-refractivity contribution < 1.29 is 17.9 Å². The second-order valence-corrected chi connectivity index (χ2v) is 3.94. The first-order chi connectivity index (χ1) is 8.51. The van der Waals surface area contributed by atoms with Gasteiger partial charge in [0.25, 0.3) is 0 Å². The molecule has 0 saturated heterocycles. The molecule has 0 bridgehead atoms. The van der Waals surface area contributed by atoms with Gasteiger partial charge in [-0.3, -0.25) is 0 Å². The van der Waals surface area contributed by atoms with E-state index in [-0.39, 0.29) is 6.73 Å². The molecule has 0 amide bonds. The summed E-state index contributed by atoms with van der Waals surface area (Å²) in [5.41, 5.74) is 7.30. The predicted octanol–water partition coefficient (Wildman–Crippen LogP) is 2.64. The smallest absolute Gasteiger partial charge is 0.351 e. The number of nitrogens with two attached hydrogens (primary N) is 1. The number of rotatable bonds is 4. The number of aromatic nitrogens is 1. The summed E-state index contributed by atoms with van der Waals surface area (Å²) in [6, 6.07) is 7.40. The molecule has 0 saturated carbocycles. The van der Waals surface area contributed by atoms with Gasteiger partial charge in [-0.15, -0.1) is 0 Å². The molecule has 1 heterocycles. The number of benzene rings is 1. The van der Waals surface area contributed by atoms with Crippen molar-refractivity contribution in [3.63, 3.8) is 0 Å². The Kier molecular flexibility index (Phi) is 3.58. The Balaban J connectivity index is 2.18. The molecule has 18 heavy (non-hydrogen) atoms. The third kappa shape index (κ3) is 2.83. The molecule has 2 rings (SSSR count). The summed E-state index contributed by atoms with van der Waals surface area (Å²) in [5, 5.41) is 0.940. The van der Waals surface area contributed by atoms with Crippen LogP contribution in [0.2, 0.25) is 0 Å². The number of halogens is 3. The van der Waals surface area contributed by atoms with Gasteiger partial charge in [0.15, 0.2) is 0 Å². The van der Waals surface area contributed by atoms with Crippen molar-refractivity contribution >= 4 is 10.9 Å². The third-order valence-corrected chi connectivity index (χ3v) is 2.59. The SMILES string of the molecule is NCc1cn(COCC(F)(F)F)c2ccccc12. The van der Waals surface area contributed by atoms with Crippen LogP contribution in [0.15, 0.2) is 30.5 Å². The van der Waals surface area contributed by atoms with Crippen LogP contribution in [0, 0.1) is 0 Å². The molecule has 1 aromatic heterocycles.